The molecule has 2 heterocycles. The maximum Gasteiger partial charge on any atom is 0.111 e. The van der Waals surface area contributed by atoms with E-state index < -0.39 is 0 Å². The molecule has 0 spiro atoms. The Hall–Kier alpha value is -0.540. The largest absolute Gasteiger partial charge is 0.496 e. The highest BCUT2D eigenvalue weighted by molar-refractivity contribution is 5.15. The zero-order chi connectivity index (χ0) is 11.6. The molecule has 0 aromatic rings. The van der Waals surface area contributed by atoms with Crippen LogP contribution in [0.5, 0.6) is 0 Å². The summed E-state index contributed by atoms with van der Waals surface area (Å²) in [5.74, 6) is 1.14. The molecule has 1 saturated heterocycles. The maximum absolute atomic E-state index is 5.72. The van der Waals surface area contributed by atoms with E-state index in [0.29, 0.717) is 6.04 Å². The highest BCUT2D eigenvalue weighted by Crippen LogP contribution is 2.29. The predicted molar refractivity (Wildman–Crippen MR) is 66.4 cm³/mol. The Morgan fingerprint density at radius 2 is 2.06 bits per heavy atom. The number of nitrogens with one attached hydrogen (secondary N) is 1. The first kappa shape index (κ1) is 11.9. The normalized spacial score (nSPS) is 24.3. The van der Waals surface area contributed by atoms with E-state index in [9.17, 15) is 0 Å². The van der Waals surface area contributed by atoms with Crippen molar-refractivity contribution in [3.05, 3.63) is 11.8 Å². The molecule has 0 radical (unpaired) electrons. The minimum absolute atomic E-state index is 0.140. The lowest BCUT2D eigenvalue weighted by Crippen LogP contribution is -2.57. The lowest BCUT2D eigenvalue weighted by atomic mass is 9.91. The van der Waals surface area contributed by atoms with Gasteiger partial charge in [-0.05, 0) is 52.9 Å². The van der Waals surface area contributed by atoms with Gasteiger partial charge in [0.05, 0.1) is 12.6 Å². The van der Waals surface area contributed by atoms with Gasteiger partial charge in [-0.2, -0.15) is 0 Å². The van der Waals surface area contributed by atoms with Gasteiger partial charge in [-0.15, -0.1) is 0 Å². The third-order valence-electron chi connectivity index (χ3n) is 3.93. The molecule has 3 heteroatoms. The summed E-state index contributed by atoms with van der Waals surface area (Å²) < 4.78 is 5.72. The van der Waals surface area contributed by atoms with Crippen LogP contribution in [0.4, 0.5) is 0 Å². The van der Waals surface area contributed by atoms with Crippen LogP contribution < -0.4 is 5.32 Å². The minimum Gasteiger partial charge on any atom is -0.496 e. The van der Waals surface area contributed by atoms with Gasteiger partial charge in [0.25, 0.3) is 0 Å². The summed E-state index contributed by atoms with van der Waals surface area (Å²) in [5.41, 5.74) is 0.140. The number of likely N-dealkylation sites (tertiary alicyclic amines) is 1. The van der Waals surface area contributed by atoms with Crippen LogP contribution in [0.25, 0.3) is 0 Å². The molecule has 3 nitrogen and oxygen atoms in total. The Morgan fingerprint density at radius 1 is 1.38 bits per heavy atom. The van der Waals surface area contributed by atoms with Crippen molar-refractivity contribution in [1.82, 2.24) is 10.2 Å². The van der Waals surface area contributed by atoms with Crippen LogP contribution >= 0.6 is 0 Å². The van der Waals surface area contributed by atoms with Gasteiger partial charge < -0.3 is 10.1 Å². The fourth-order valence-corrected chi connectivity index (χ4v) is 2.96. The third-order valence-corrected chi connectivity index (χ3v) is 3.93. The second-order valence-corrected chi connectivity index (χ2v) is 5.31. The zero-order valence-electron chi connectivity index (χ0n) is 10.8. The Morgan fingerprint density at radius 3 is 2.56 bits per heavy atom. The van der Waals surface area contributed by atoms with Crippen LogP contribution in [-0.2, 0) is 4.74 Å². The molecular formula is C13H24N2O. The fourth-order valence-electron chi connectivity index (χ4n) is 2.96. The molecule has 0 aromatic carbocycles. The minimum atomic E-state index is 0.140. The summed E-state index contributed by atoms with van der Waals surface area (Å²) in [6, 6.07) is 0.313. The highest BCUT2D eigenvalue weighted by atomic mass is 16.5. The summed E-state index contributed by atoms with van der Waals surface area (Å²) in [6.45, 7) is 7.94. The topological polar surface area (TPSA) is 24.5 Å². The van der Waals surface area contributed by atoms with Crippen LogP contribution in [0.15, 0.2) is 11.8 Å². The van der Waals surface area contributed by atoms with Crippen molar-refractivity contribution in [1.29, 1.82) is 0 Å². The van der Waals surface area contributed by atoms with Crippen molar-refractivity contribution in [3.8, 4) is 0 Å². The highest BCUT2D eigenvalue weighted by Gasteiger charge is 2.39. The molecule has 0 aliphatic carbocycles. The van der Waals surface area contributed by atoms with E-state index in [1.54, 1.807) is 0 Å². The molecule has 1 unspecified atom stereocenters. The van der Waals surface area contributed by atoms with E-state index >= 15 is 0 Å². The molecule has 2 aliphatic heterocycles. The summed E-state index contributed by atoms with van der Waals surface area (Å²) >= 11 is 0. The number of hydrogen-bond donors (Lipinski definition) is 1. The molecule has 92 valence electrons. The van der Waals surface area contributed by atoms with Gasteiger partial charge in [0.1, 0.15) is 5.76 Å². The average molecular weight is 224 g/mol. The van der Waals surface area contributed by atoms with Gasteiger partial charge in [0.15, 0.2) is 0 Å². The summed E-state index contributed by atoms with van der Waals surface area (Å²) in [7, 11) is 2.03. The second kappa shape index (κ2) is 4.76. The first-order valence-electron chi connectivity index (χ1n) is 6.41. The van der Waals surface area contributed by atoms with Crippen LogP contribution in [0.3, 0.4) is 0 Å². The Bertz CT molecular complexity index is 267. The van der Waals surface area contributed by atoms with Crippen molar-refractivity contribution in [2.75, 3.05) is 26.7 Å². The van der Waals surface area contributed by atoms with Crippen molar-refractivity contribution < 1.29 is 4.74 Å². The number of likely N-dealkylation sites (N-methyl/N-ethyl adjacent to an activating group) is 1. The van der Waals surface area contributed by atoms with E-state index in [2.05, 4.69) is 30.1 Å². The molecule has 1 N–H and O–H groups in total. The SMILES string of the molecule is CNC(C1=CCCO1)C(C)(C)N1CCCC1. The Labute approximate surface area is 98.8 Å². The van der Waals surface area contributed by atoms with Crippen LogP contribution in [0, 0.1) is 0 Å². The van der Waals surface area contributed by atoms with Gasteiger partial charge in [-0.1, -0.05) is 0 Å². The molecule has 0 amide bonds. The lowest BCUT2D eigenvalue weighted by molar-refractivity contribution is 0.0913. The number of ether oxygens (including phenoxy) is 1. The quantitative estimate of drug-likeness (QED) is 0.787. The van der Waals surface area contributed by atoms with Crippen molar-refractivity contribution in [2.45, 2.75) is 44.7 Å². The fraction of sp³-hybridized carbons (Fsp3) is 0.846. The average Bonchev–Trinajstić information content (AvgIpc) is 2.91. The molecule has 2 rings (SSSR count). The van der Waals surface area contributed by atoms with Gasteiger partial charge in [0, 0.05) is 12.0 Å². The van der Waals surface area contributed by atoms with Gasteiger partial charge >= 0.3 is 0 Å². The number of rotatable bonds is 4. The summed E-state index contributed by atoms with van der Waals surface area (Å²) in [4.78, 5) is 2.58. The molecule has 1 atom stereocenters. The monoisotopic (exact) mass is 224 g/mol. The number of nitrogens with zero attached hydrogens (tertiary/aromatic N) is 1. The Balaban J connectivity index is 2.11. The molecular weight excluding hydrogens is 200 g/mol. The van der Waals surface area contributed by atoms with Gasteiger partial charge in [-0.25, -0.2) is 0 Å². The van der Waals surface area contributed by atoms with Crippen LogP contribution in [0.2, 0.25) is 0 Å². The maximum atomic E-state index is 5.72. The lowest BCUT2D eigenvalue weighted by Gasteiger charge is -2.42. The standard InChI is InChI=1S/C13H24N2O/c1-13(2,15-8-4-5-9-15)12(14-3)11-7-6-10-16-11/h7,12,14H,4-6,8-10H2,1-3H3. The second-order valence-electron chi connectivity index (χ2n) is 5.31. The summed E-state index contributed by atoms with van der Waals surface area (Å²) in [5, 5.41) is 3.43. The van der Waals surface area contributed by atoms with Gasteiger partial charge in [-0.3, -0.25) is 4.90 Å². The van der Waals surface area contributed by atoms with E-state index in [1.807, 2.05) is 7.05 Å². The Kier molecular flexibility index (Phi) is 3.55. The molecule has 1 fully saturated rings. The molecule has 0 saturated carbocycles. The third kappa shape index (κ3) is 2.11. The number of hydrogen-bond acceptors (Lipinski definition) is 3. The molecule has 0 aromatic heterocycles. The van der Waals surface area contributed by atoms with Crippen molar-refractivity contribution >= 4 is 0 Å². The molecule has 0 bridgehead atoms. The van der Waals surface area contributed by atoms with Crippen LogP contribution in [0.1, 0.15) is 33.1 Å². The van der Waals surface area contributed by atoms with Crippen molar-refractivity contribution in [3.63, 3.8) is 0 Å². The van der Waals surface area contributed by atoms with Gasteiger partial charge in [0.2, 0.25) is 0 Å². The smallest absolute Gasteiger partial charge is 0.111 e. The van der Waals surface area contributed by atoms with Crippen LogP contribution in [-0.4, -0.2) is 43.2 Å². The van der Waals surface area contributed by atoms with E-state index in [1.165, 1.54) is 25.9 Å². The first-order chi connectivity index (χ1) is 7.66. The summed E-state index contributed by atoms with van der Waals surface area (Å²) in [6.07, 6.45) is 5.96. The van der Waals surface area contributed by atoms with Crippen molar-refractivity contribution in [2.24, 2.45) is 0 Å². The first-order valence-corrected chi connectivity index (χ1v) is 6.41. The molecule has 2 aliphatic rings. The van der Waals surface area contributed by atoms with E-state index in [4.69, 9.17) is 4.74 Å². The van der Waals surface area contributed by atoms with E-state index in [-0.39, 0.29) is 5.54 Å². The predicted octanol–water partition coefficient (Wildman–Crippen LogP) is 1.75. The molecule has 16 heavy (non-hydrogen) atoms. The zero-order valence-corrected chi connectivity index (χ0v) is 10.8. The van der Waals surface area contributed by atoms with E-state index in [0.717, 1.165) is 18.8 Å².